The Hall–Kier alpha value is -3.99. The van der Waals surface area contributed by atoms with Gasteiger partial charge in [-0.25, -0.2) is 8.78 Å². The molecule has 12 heteroatoms. The summed E-state index contributed by atoms with van der Waals surface area (Å²) in [7, 11) is 0. The standard InChI is InChI=1S/C24H18ClF5N6/c25-19-10-15(6-9-20(19)27)13-32-22-34-21(31-12-14-4-7-17(26)8-5-14)35-23(36-22)33-18-3-1-2-16(11-18)24(28,29)30/h1-11H,12-13H2,(H3,31,32,33,34,35,36). The van der Waals surface area contributed by atoms with Gasteiger partial charge in [0.2, 0.25) is 17.8 Å². The molecule has 0 saturated carbocycles. The second kappa shape index (κ2) is 10.7. The fourth-order valence-electron chi connectivity index (χ4n) is 3.11. The van der Waals surface area contributed by atoms with Crippen LogP contribution in [0.3, 0.4) is 0 Å². The van der Waals surface area contributed by atoms with E-state index in [1.165, 1.54) is 42.5 Å². The molecule has 186 valence electrons. The molecule has 4 aromatic rings. The average Bonchev–Trinajstić information content (AvgIpc) is 2.84. The second-order valence-electron chi connectivity index (χ2n) is 7.59. The summed E-state index contributed by atoms with van der Waals surface area (Å²) in [6, 6.07) is 14.6. The van der Waals surface area contributed by atoms with Crippen LogP contribution in [0, 0.1) is 11.6 Å². The highest BCUT2D eigenvalue weighted by atomic mass is 35.5. The lowest BCUT2D eigenvalue weighted by Crippen LogP contribution is -2.12. The summed E-state index contributed by atoms with van der Waals surface area (Å²) in [5, 5.41) is 8.66. The number of hydrogen-bond acceptors (Lipinski definition) is 6. The van der Waals surface area contributed by atoms with E-state index < -0.39 is 17.6 Å². The SMILES string of the molecule is Fc1ccc(CNc2nc(NCc3ccc(F)c(Cl)c3)nc(Nc3cccc(C(F)(F)F)c3)n2)cc1. The molecule has 3 N–H and O–H groups in total. The van der Waals surface area contributed by atoms with Crippen molar-refractivity contribution >= 4 is 35.1 Å². The Bertz CT molecular complexity index is 1350. The van der Waals surface area contributed by atoms with E-state index in [2.05, 4.69) is 30.9 Å². The Balaban J connectivity index is 1.57. The number of nitrogens with zero attached hydrogens (tertiary/aromatic N) is 3. The van der Waals surface area contributed by atoms with Crippen molar-refractivity contribution in [1.29, 1.82) is 0 Å². The van der Waals surface area contributed by atoms with E-state index in [4.69, 9.17) is 11.6 Å². The lowest BCUT2D eigenvalue weighted by atomic mass is 10.2. The number of hydrogen-bond donors (Lipinski definition) is 3. The molecule has 3 aromatic carbocycles. The maximum Gasteiger partial charge on any atom is 0.416 e. The molecule has 1 heterocycles. The van der Waals surface area contributed by atoms with E-state index in [1.54, 1.807) is 12.1 Å². The Kier molecular flexibility index (Phi) is 7.49. The Morgan fingerprint density at radius 1 is 0.722 bits per heavy atom. The van der Waals surface area contributed by atoms with Crippen LogP contribution in [0.5, 0.6) is 0 Å². The van der Waals surface area contributed by atoms with Gasteiger partial charge in [0, 0.05) is 18.8 Å². The van der Waals surface area contributed by atoms with Gasteiger partial charge in [-0.15, -0.1) is 0 Å². The molecular formula is C24H18ClF5N6. The van der Waals surface area contributed by atoms with E-state index in [0.717, 1.165) is 17.7 Å². The van der Waals surface area contributed by atoms with Gasteiger partial charge < -0.3 is 16.0 Å². The van der Waals surface area contributed by atoms with Gasteiger partial charge in [-0.3, -0.25) is 0 Å². The monoisotopic (exact) mass is 520 g/mol. The minimum Gasteiger partial charge on any atom is -0.350 e. The third-order valence-corrected chi connectivity index (χ3v) is 5.17. The molecule has 0 radical (unpaired) electrons. The predicted octanol–water partition coefficient (Wildman–Crippen LogP) is 6.79. The van der Waals surface area contributed by atoms with Crippen molar-refractivity contribution in [3.05, 3.63) is 100 Å². The number of benzene rings is 3. The molecule has 0 aliphatic rings. The minimum absolute atomic E-state index is 0.0226. The van der Waals surface area contributed by atoms with Crippen LogP contribution < -0.4 is 16.0 Å². The summed E-state index contributed by atoms with van der Waals surface area (Å²) >= 11 is 5.82. The first-order valence-electron chi connectivity index (χ1n) is 10.5. The molecule has 0 saturated heterocycles. The molecule has 0 unspecified atom stereocenters. The predicted molar refractivity (Wildman–Crippen MR) is 127 cm³/mol. The summed E-state index contributed by atoms with van der Waals surface area (Å²) in [5.74, 6) is -0.741. The van der Waals surface area contributed by atoms with E-state index in [9.17, 15) is 22.0 Å². The highest BCUT2D eigenvalue weighted by Gasteiger charge is 2.30. The third-order valence-electron chi connectivity index (χ3n) is 4.88. The maximum absolute atomic E-state index is 13.4. The largest absolute Gasteiger partial charge is 0.416 e. The van der Waals surface area contributed by atoms with Crippen molar-refractivity contribution in [2.24, 2.45) is 0 Å². The summed E-state index contributed by atoms with van der Waals surface area (Å²) in [6.07, 6.45) is -4.51. The van der Waals surface area contributed by atoms with Crippen molar-refractivity contribution in [3.8, 4) is 0 Å². The smallest absolute Gasteiger partial charge is 0.350 e. The van der Waals surface area contributed by atoms with E-state index in [1.807, 2.05) is 0 Å². The number of alkyl halides is 3. The van der Waals surface area contributed by atoms with Gasteiger partial charge in [-0.1, -0.05) is 35.9 Å². The average molecular weight is 521 g/mol. The molecule has 0 atom stereocenters. The molecule has 0 aliphatic carbocycles. The summed E-state index contributed by atoms with van der Waals surface area (Å²) in [5.41, 5.74) is 0.689. The topological polar surface area (TPSA) is 74.8 Å². The van der Waals surface area contributed by atoms with Crippen LogP contribution >= 0.6 is 11.6 Å². The van der Waals surface area contributed by atoms with Crippen LogP contribution in [-0.4, -0.2) is 15.0 Å². The van der Waals surface area contributed by atoms with Crippen molar-refractivity contribution < 1.29 is 22.0 Å². The zero-order valence-electron chi connectivity index (χ0n) is 18.4. The first-order valence-corrected chi connectivity index (χ1v) is 10.9. The first kappa shape index (κ1) is 25.1. The Morgan fingerprint density at radius 3 is 1.97 bits per heavy atom. The van der Waals surface area contributed by atoms with E-state index in [0.29, 0.717) is 5.56 Å². The van der Waals surface area contributed by atoms with Gasteiger partial charge in [0.25, 0.3) is 0 Å². The fourth-order valence-corrected chi connectivity index (χ4v) is 3.31. The quantitative estimate of drug-likeness (QED) is 0.222. The van der Waals surface area contributed by atoms with Crippen molar-refractivity contribution in [1.82, 2.24) is 15.0 Å². The fraction of sp³-hybridized carbons (Fsp3) is 0.125. The molecular weight excluding hydrogens is 503 g/mol. The minimum atomic E-state index is -4.51. The van der Waals surface area contributed by atoms with E-state index in [-0.39, 0.29) is 47.5 Å². The second-order valence-corrected chi connectivity index (χ2v) is 8.00. The number of nitrogens with one attached hydrogen (secondary N) is 3. The molecule has 36 heavy (non-hydrogen) atoms. The van der Waals surface area contributed by atoms with Crippen molar-refractivity contribution in [3.63, 3.8) is 0 Å². The van der Waals surface area contributed by atoms with Gasteiger partial charge in [0.15, 0.2) is 0 Å². The molecule has 4 rings (SSSR count). The molecule has 0 aliphatic heterocycles. The van der Waals surface area contributed by atoms with Crippen LogP contribution in [-0.2, 0) is 19.3 Å². The van der Waals surface area contributed by atoms with Crippen LogP contribution in [0.25, 0.3) is 0 Å². The zero-order chi connectivity index (χ0) is 25.7. The summed E-state index contributed by atoms with van der Waals surface area (Å²) in [6.45, 7) is 0.435. The van der Waals surface area contributed by atoms with Gasteiger partial charge >= 0.3 is 6.18 Å². The summed E-state index contributed by atoms with van der Waals surface area (Å²) < 4.78 is 65.9. The normalized spacial score (nSPS) is 11.3. The highest BCUT2D eigenvalue weighted by Crippen LogP contribution is 2.31. The Labute approximate surface area is 207 Å². The molecule has 0 fully saturated rings. The Morgan fingerprint density at radius 2 is 1.33 bits per heavy atom. The lowest BCUT2D eigenvalue weighted by molar-refractivity contribution is -0.137. The molecule has 1 aromatic heterocycles. The lowest BCUT2D eigenvalue weighted by Gasteiger charge is -2.13. The zero-order valence-corrected chi connectivity index (χ0v) is 19.1. The number of halogens is 6. The van der Waals surface area contributed by atoms with Crippen LogP contribution in [0.2, 0.25) is 5.02 Å². The first-order chi connectivity index (χ1) is 17.2. The highest BCUT2D eigenvalue weighted by molar-refractivity contribution is 6.30. The number of anilines is 4. The van der Waals surface area contributed by atoms with Crippen LogP contribution in [0.1, 0.15) is 16.7 Å². The number of rotatable bonds is 8. The van der Waals surface area contributed by atoms with Gasteiger partial charge in [0.1, 0.15) is 11.6 Å². The molecule has 0 amide bonds. The maximum atomic E-state index is 13.4. The summed E-state index contributed by atoms with van der Waals surface area (Å²) in [4.78, 5) is 12.7. The molecule has 0 bridgehead atoms. The number of aromatic nitrogens is 3. The van der Waals surface area contributed by atoms with Crippen LogP contribution in [0.15, 0.2) is 66.7 Å². The van der Waals surface area contributed by atoms with E-state index >= 15 is 0 Å². The van der Waals surface area contributed by atoms with Gasteiger partial charge in [-0.05, 0) is 53.6 Å². The molecule has 6 nitrogen and oxygen atoms in total. The molecule has 0 spiro atoms. The third kappa shape index (κ3) is 6.79. The van der Waals surface area contributed by atoms with Crippen LogP contribution in [0.4, 0.5) is 45.5 Å². The van der Waals surface area contributed by atoms with Gasteiger partial charge in [-0.2, -0.15) is 28.1 Å². The van der Waals surface area contributed by atoms with Crippen molar-refractivity contribution in [2.45, 2.75) is 19.3 Å². The van der Waals surface area contributed by atoms with Crippen molar-refractivity contribution in [2.75, 3.05) is 16.0 Å². The van der Waals surface area contributed by atoms with Gasteiger partial charge in [0.05, 0.1) is 10.6 Å².